The van der Waals surface area contributed by atoms with Crippen molar-refractivity contribution in [3.8, 4) is 0 Å². The van der Waals surface area contributed by atoms with Crippen molar-refractivity contribution in [1.29, 1.82) is 0 Å². The number of nitrogens with one attached hydrogen (secondary N) is 1. The Kier molecular flexibility index (Phi) is 4.80. The number of hydrogen-bond acceptors (Lipinski definition) is 6. The normalized spacial score (nSPS) is 12.1. The van der Waals surface area contributed by atoms with Crippen LogP contribution in [0.2, 0.25) is 0 Å². The van der Waals surface area contributed by atoms with E-state index in [4.69, 9.17) is 0 Å². The highest BCUT2D eigenvalue weighted by Gasteiger charge is 2.11. The third-order valence-electron chi connectivity index (χ3n) is 4.46. The van der Waals surface area contributed by atoms with Gasteiger partial charge in [-0.3, -0.25) is 9.78 Å². The summed E-state index contributed by atoms with van der Waals surface area (Å²) in [5.41, 5.74) is 1.51. The molecule has 140 valence electrons. The van der Waals surface area contributed by atoms with Crippen molar-refractivity contribution in [2.24, 2.45) is 0 Å². The fourth-order valence-corrected chi connectivity index (χ4v) is 3.11. The number of hydrogen-bond donors (Lipinski definition) is 1. The van der Waals surface area contributed by atoms with Gasteiger partial charge in [0.05, 0.1) is 35.6 Å². The third kappa shape index (κ3) is 3.73. The van der Waals surface area contributed by atoms with Crippen LogP contribution < -0.4 is 10.9 Å². The van der Waals surface area contributed by atoms with E-state index in [1.807, 2.05) is 62.4 Å². The van der Waals surface area contributed by atoms with E-state index in [1.165, 1.54) is 4.68 Å². The summed E-state index contributed by atoms with van der Waals surface area (Å²) in [5.74, 6) is 1.32. The molecule has 1 N–H and O–H groups in total. The molecule has 0 fully saturated rings. The van der Waals surface area contributed by atoms with Gasteiger partial charge in [0.15, 0.2) is 0 Å². The van der Waals surface area contributed by atoms with Gasteiger partial charge in [-0.15, -0.1) is 0 Å². The summed E-state index contributed by atoms with van der Waals surface area (Å²) in [5, 5.41) is 9.10. The first-order chi connectivity index (χ1) is 13.6. The van der Waals surface area contributed by atoms with Crippen molar-refractivity contribution in [2.75, 3.05) is 5.32 Å². The first-order valence-electron chi connectivity index (χ1n) is 9.07. The lowest BCUT2D eigenvalue weighted by Gasteiger charge is -2.15. The number of nitrogens with zero attached hydrogens (tertiary/aromatic N) is 5. The highest BCUT2D eigenvalue weighted by Crippen LogP contribution is 2.17. The molecule has 3 heterocycles. The summed E-state index contributed by atoms with van der Waals surface area (Å²) in [4.78, 5) is 26.0. The Morgan fingerprint density at radius 2 is 1.93 bits per heavy atom. The van der Waals surface area contributed by atoms with Gasteiger partial charge >= 0.3 is 0 Å². The van der Waals surface area contributed by atoms with Crippen LogP contribution in [0.1, 0.15) is 30.2 Å². The van der Waals surface area contributed by atoms with Crippen molar-refractivity contribution in [1.82, 2.24) is 24.7 Å². The molecule has 0 radical (unpaired) electrons. The Labute approximate surface area is 162 Å². The van der Waals surface area contributed by atoms with Crippen molar-refractivity contribution in [3.05, 3.63) is 88.5 Å². The molecule has 3 aromatic heterocycles. The highest BCUT2D eigenvalue weighted by molar-refractivity contribution is 5.80. The Morgan fingerprint density at radius 3 is 2.75 bits per heavy atom. The number of rotatable bonds is 5. The molecule has 28 heavy (non-hydrogen) atoms. The topological polar surface area (TPSA) is 85.6 Å². The van der Waals surface area contributed by atoms with Gasteiger partial charge in [-0.05, 0) is 32.0 Å². The minimum absolute atomic E-state index is 0.00938. The summed E-state index contributed by atoms with van der Waals surface area (Å²) >= 11 is 0. The van der Waals surface area contributed by atoms with Crippen molar-refractivity contribution in [3.63, 3.8) is 0 Å². The van der Waals surface area contributed by atoms with Gasteiger partial charge in [0.2, 0.25) is 0 Å². The molecule has 0 spiro atoms. The standard InChI is InChI=1S/C21H20N6O/c1-14(19-9-5-6-10-22-19)24-20-11-17(25-15(2)26-20)13-27-21(28)18-8-4-3-7-16(18)12-23-27/h3-12,14H,13H2,1-2H3,(H,24,25,26)/t14-/m1/s1. The van der Waals surface area contributed by atoms with Crippen molar-refractivity contribution in [2.45, 2.75) is 26.4 Å². The van der Waals surface area contributed by atoms with E-state index in [0.29, 0.717) is 22.7 Å². The molecule has 0 aliphatic carbocycles. The summed E-state index contributed by atoms with van der Waals surface area (Å²) in [6.07, 6.45) is 3.47. The van der Waals surface area contributed by atoms with Crippen LogP contribution in [-0.2, 0) is 6.54 Å². The Bertz CT molecular complexity index is 1170. The van der Waals surface area contributed by atoms with E-state index in [9.17, 15) is 4.79 Å². The lowest BCUT2D eigenvalue weighted by molar-refractivity contribution is 0.632. The van der Waals surface area contributed by atoms with Gasteiger partial charge in [-0.25, -0.2) is 14.6 Å². The number of anilines is 1. The number of pyridine rings is 1. The maximum Gasteiger partial charge on any atom is 0.274 e. The van der Waals surface area contributed by atoms with Crippen LogP contribution in [0.25, 0.3) is 10.8 Å². The zero-order valence-corrected chi connectivity index (χ0v) is 15.7. The van der Waals surface area contributed by atoms with Gasteiger partial charge in [0.1, 0.15) is 11.6 Å². The molecular weight excluding hydrogens is 352 g/mol. The predicted molar refractivity (Wildman–Crippen MR) is 108 cm³/mol. The predicted octanol–water partition coefficient (Wildman–Crippen LogP) is 3.11. The lowest BCUT2D eigenvalue weighted by Crippen LogP contribution is -2.24. The second kappa shape index (κ2) is 7.56. The molecule has 0 saturated heterocycles. The average molecular weight is 372 g/mol. The van der Waals surface area contributed by atoms with Gasteiger partial charge in [0, 0.05) is 17.6 Å². The lowest BCUT2D eigenvalue weighted by atomic mass is 10.2. The monoisotopic (exact) mass is 372 g/mol. The van der Waals surface area contributed by atoms with Crippen LogP contribution in [0, 0.1) is 6.92 Å². The first-order valence-corrected chi connectivity index (χ1v) is 9.07. The van der Waals surface area contributed by atoms with Gasteiger partial charge < -0.3 is 5.32 Å². The number of benzene rings is 1. The van der Waals surface area contributed by atoms with E-state index >= 15 is 0 Å². The van der Waals surface area contributed by atoms with E-state index in [0.717, 1.165) is 11.1 Å². The second-order valence-electron chi connectivity index (χ2n) is 6.61. The summed E-state index contributed by atoms with van der Waals surface area (Å²) in [6.45, 7) is 4.13. The van der Waals surface area contributed by atoms with Crippen LogP contribution in [0.3, 0.4) is 0 Å². The molecule has 7 heteroatoms. The maximum atomic E-state index is 12.7. The zero-order chi connectivity index (χ0) is 19.5. The zero-order valence-electron chi connectivity index (χ0n) is 15.7. The first kappa shape index (κ1) is 17.8. The van der Waals surface area contributed by atoms with Crippen molar-refractivity contribution >= 4 is 16.6 Å². The minimum atomic E-state index is -0.134. The molecule has 0 amide bonds. The molecule has 1 atom stereocenters. The fraction of sp³-hybridized carbons (Fsp3) is 0.190. The molecule has 4 rings (SSSR count). The van der Waals surface area contributed by atoms with Gasteiger partial charge in [-0.1, -0.05) is 24.3 Å². The van der Waals surface area contributed by atoms with E-state index in [1.54, 1.807) is 12.4 Å². The molecule has 1 aromatic carbocycles. The van der Waals surface area contributed by atoms with Crippen LogP contribution >= 0.6 is 0 Å². The van der Waals surface area contributed by atoms with E-state index in [2.05, 4.69) is 25.4 Å². The fourth-order valence-electron chi connectivity index (χ4n) is 3.11. The summed E-state index contributed by atoms with van der Waals surface area (Å²) < 4.78 is 1.43. The van der Waals surface area contributed by atoms with E-state index < -0.39 is 0 Å². The van der Waals surface area contributed by atoms with Crippen LogP contribution in [0.4, 0.5) is 5.82 Å². The molecule has 0 saturated carbocycles. The average Bonchev–Trinajstić information content (AvgIpc) is 2.70. The summed E-state index contributed by atoms with van der Waals surface area (Å²) in [6, 6.07) is 15.1. The van der Waals surface area contributed by atoms with Crippen LogP contribution in [0.5, 0.6) is 0 Å². The molecule has 7 nitrogen and oxygen atoms in total. The quantitative estimate of drug-likeness (QED) is 0.579. The Balaban J connectivity index is 1.61. The molecule has 0 unspecified atom stereocenters. The van der Waals surface area contributed by atoms with Crippen molar-refractivity contribution < 1.29 is 0 Å². The smallest absolute Gasteiger partial charge is 0.274 e. The third-order valence-corrected chi connectivity index (χ3v) is 4.46. The highest BCUT2D eigenvalue weighted by atomic mass is 16.1. The summed E-state index contributed by atoms with van der Waals surface area (Å²) in [7, 11) is 0. The number of fused-ring (bicyclic) bond motifs is 1. The SMILES string of the molecule is Cc1nc(Cn2ncc3ccccc3c2=O)cc(N[C@H](C)c2ccccn2)n1. The van der Waals surface area contributed by atoms with Gasteiger partial charge in [0.25, 0.3) is 5.56 Å². The maximum absolute atomic E-state index is 12.7. The van der Waals surface area contributed by atoms with Crippen LogP contribution in [0.15, 0.2) is 65.7 Å². The van der Waals surface area contributed by atoms with Crippen LogP contribution in [-0.4, -0.2) is 24.7 Å². The largest absolute Gasteiger partial charge is 0.362 e. The van der Waals surface area contributed by atoms with Gasteiger partial charge in [-0.2, -0.15) is 5.10 Å². The minimum Gasteiger partial charge on any atom is -0.362 e. The molecular formula is C21H20N6O. The number of aryl methyl sites for hydroxylation is 1. The molecule has 0 aliphatic rings. The number of aromatic nitrogens is 5. The Hall–Kier alpha value is -3.61. The molecule has 0 aliphatic heterocycles. The molecule has 0 bridgehead atoms. The molecule has 4 aromatic rings. The van der Waals surface area contributed by atoms with E-state index in [-0.39, 0.29) is 18.1 Å². The second-order valence-corrected chi connectivity index (χ2v) is 6.61. The Morgan fingerprint density at radius 1 is 1.11 bits per heavy atom.